The molecule has 2 rings (SSSR count). The minimum atomic E-state index is 0.587. The molecular formula is C16H17N3. The van der Waals surface area contributed by atoms with Gasteiger partial charge in [0.1, 0.15) is 11.9 Å². The van der Waals surface area contributed by atoms with Crippen LogP contribution in [0.5, 0.6) is 0 Å². The van der Waals surface area contributed by atoms with Gasteiger partial charge in [-0.25, -0.2) is 4.98 Å². The first-order valence-corrected chi connectivity index (χ1v) is 6.50. The van der Waals surface area contributed by atoms with Crippen molar-refractivity contribution in [2.24, 2.45) is 0 Å². The molecule has 1 heterocycles. The molecule has 0 saturated carbocycles. The fourth-order valence-electron chi connectivity index (χ4n) is 1.90. The number of anilines is 1. The fourth-order valence-corrected chi connectivity index (χ4v) is 1.90. The number of nitriles is 1. The fraction of sp³-hybridized carbons (Fsp3) is 0.250. The van der Waals surface area contributed by atoms with Gasteiger partial charge >= 0.3 is 0 Å². The summed E-state index contributed by atoms with van der Waals surface area (Å²) in [6.45, 7) is 2.93. The Balaban J connectivity index is 1.91. The molecule has 96 valence electrons. The van der Waals surface area contributed by atoms with Crippen molar-refractivity contribution in [2.45, 2.75) is 19.8 Å². The van der Waals surface area contributed by atoms with Crippen LogP contribution >= 0.6 is 0 Å². The zero-order valence-electron chi connectivity index (χ0n) is 11.1. The average molecular weight is 251 g/mol. The summed E-state index contributed by atoms with van der Waals surface area (Å²) in [6, 6.07) is 14.3. The van der Waals surface area contributed by atoms with Crippen LogP contribution in [-0.4, -0.2) is 11.5 Å². The van der Waals surface area contributed by atoms with Crippen LogP contribution in [0.25, 0.3) is 0 Å². The zero-order valence-corrected chi connectivity index (χ0v) is 11.1. The molecule has 0 aliphatic rings. The van der Waals surface area contributed by atoms with Crippen molar-refractivity contribution in [3.05, 3.63) is 59.3 Å². The van der Waals surface area contributed by atoms with E-state index in [1.165, 1.54) is 11.1 Å². The topological polar surface area (TPSA) is 48.7 Å². The maximum absolute atomic E-state index is 8.96. The van der Waals surface area contributed by atoms with Crippen LogP contribution in [0.15, 0.2) is 42.6 Å². The first kappa shape index (κ1) is 13.1. The maximum Gasteiger partial charge on any atom is 0.143 e. The van der Waals surface area contributed by atoms with Gasteiger partial charge in [0.2, 0.25) is 0 Å². The summed E-state index contributed by atoms with van der Waals surface area (Å²) in [5.41, 5.74) is 3.23. The first-order chi connectivity index (χ1) is 9.33. The predicted octanol–water partition coefficient (Wildman–Crippen LogP) is 3.17. The lowest BCUT2D eigenvalue weighted by atomic mass is 10.1. The number of rotatable bonds is 5. The molecule has 1 aromatic heterocycles. The van der Waals surface area contributed by atoms with Crippen LogP contribution in [0, 0.1) is 11.3 Å². The van der Waals surface area contributed by atoms with Crippen LogP contribution in [0.2, 0.25) is 0 Å². The second-order valence-electron chi connectivity index (χ2n) is 4.36. The molecular weight excluding hydrogens is 234 g/mol. The molecule has 3 heteroatoms. The number of pyridine rings is 1. The molecule has 0 saturated heterocycles. The molecule has 0 fully saturated rings. The van der Waals surface area contributed by atoms with Gasteiger partial charge in [0.05, 0.1) is 5.56 Å². The third-order valence-corrected chi connectivity index (χ3v) is 3.07. The van der Waals surface area contributed by atoms with Gasteiger partial charge < -0.3 is 5.32 Å². The van der Waals surface area contributed by atoms with E-state index in [1.807, 2.05) is 0 Å². The molecule has 0 bridgehead atoms. The van der Waals surface area contributed by atoms with Crippen molar-refractivity contribution in [3.63, 3.8) is 0 Å². The van der Waals surface area contributed by atoms with Gasteiger partial charge in [-0.15, -0.1) is 0 Å². The van der Waals surface area contributed by atoms with Gasteiger partial charge in [-0.1, -0.05) is 31.2 Å². The second-order valence-corrected chi connectivity index (χ2v) is 4.36. The van der Waals surface area contributed by atoms with Gasteiger partial charge in [0.15, 0.2) is 0 Å². The monoisotopic (exact) mass is 251 g/mol. The highest BCUT2D eigenvalue weighted by atomic mass is 15.0. The first-order valence-electron chi connectivity index (χ1n) is 6.50. The van der Waals surface area contributed by atoms with E-state index in [1.54, 1.807) is 18.3 Å². The van der Waals surface area contributed by atoms with Gasteiger partial charge in [-0.05, 0) is 36.1 Å². The number of nitrogens with one attached hydrogen (secondary N) is 1. The number of aromatic nitrogens is 1. The Kier molecular flexibility index (Phi) is 4.52. The molecule has 0 aliphatic heterocycles. The van der Waals surface area contributed by atoms with E-state index < -0.39 is 0 Å². The van der Waals surface area contributed by atoms with E-state index in [0.717, 1.165) is 19.4 Å². The summed E-state index contributed by atoms with van der Waals surface area (Å²) in [5, 5.41) is 12.2. The number of hydrogen-bond acceptors (Lipinski definition) is 3. The smallest absolute Gasteiger partial charge is 0.143 e. The minimum absolute atomic E-state index is 0.587. The molecule has 1 N–H and O–H groups in total. The summed E-state index contributed by atoms with van der Waals surface area (Å²) in [4.78, 5) is 4.17. The Bertz CT molecular complexity index is 567. The van der Waals surface area contributed by atoms with E-state index in [4.69, 9.17) is 5.26 Å². The number of aryl methyl sites for hydroxylation is 1. The predicted molar refractivity (Wildman–Crippen MR) is 77.0 cm³/mol. The molecule has 0 radical (unpaired) electrons. The van der Waals surface area contributed by atoms with Gasteiger partial charge in [0, 0.05) is 12.7 Å². The van der Waals surface area contributed by atoms with E-state index in [-0.39, 0.29) is 0 Å². The summed E-state index contributed by atoms with van der Waals surface area (Å²) < 4.78 is 0. The summed E-state index contributed by atoms with van der Waals surface area (Å²) in [5.74, 6) is 0.662. The summed E-state index contributed by atoms with van der Waals surface area (Å²) in [6.07, 6.45) is 3.68. The third-order valence-electron chi connectivity index (χ3n) is 3.07. The van der Waals surface area contributed by atoms with Crippen molar-refractivity contribution in [1.29, 1.82) is 5.26 Å². The highest BCUT2D eigenvalue weighted by Gasteiger charge is 2.01. The highest BCUT2D eigenvalue weighted by molar-refractivity contribution is 5.51. The molecule has 2 aromatic rings. The van der Waals surface area contributed by atoms with Crippen molar-refractivity contribution < 1.29 is 0 Å². The van der Waals surface area contributed by atoms with Crippen LogP contribution < -0.4 is 5.32 Å². The van der Waals surface area contributed by atoms with Gasteiger partial charge in [-0.2, -0.15) is 5.26 Å². The molecule has 0 amide bonds. The van der Waals surface area contributed by atoms with E-state index in [0.29, 0.717) is 11.4 Å². The van der Waals surface area contributed by atoms with Crippen molar-refractivity contribution in [2.75, 3.05) is 11.9 Å². The molecule has 0 aliphatic carbocycles. The molecule has 19 heavy (non-hydrogen) atoms. The maximum atomic E-state index is 8.96. The van der Waals surface area contributed by atoms with Crippen molar-refractivity contribution in [1.82, 2.24) is 4.98 Å². The van der Waals surface area contributed by atoms with Gasteiger partial charge in [0.25, 0.3) is 0 Å². The Morgan fingerprint density at radius 3 is 2.58 bits per heavy atom. The second kappa shape index (κ2) is 6.55. The lowest BCUT2D eigenvalue weighted by Crippen LogP contribution is -2.07. The number of nitrogens with zero attached hydrogens (tertiary/aromatic N) is 2. The summed E-state index contributed by atoms with van der Waals surface area (Å²) in [7, 11) is 0. The quantitative estimate of drug-likeness (QED) is 0.888. The molecule has 0 atom stereocenters. The normalized spacial score (nSPS) is 9.89. The Labute approximate surface area is 113 Å². The Morgan fingerprint density at radius 1 is 1.16 bits per heavy atom. The van der Waals surface area contributed by atoms with Crippen LogP contribution in [0.1, 0.15) is 23.6 Å². The van der Waals surface area contributed by atoms with Crippen molar-refractivity contribution in [3.8, 4) is 6.07 Å². The molecule has 0 unspecified atom stereocenters. The van der Waals surface area contributed by atoms with Crippen LogP contribution in [-0.2, 0) is 12.8 Å². The molecule has 0 spiro atoms. The van der Waals surface area contributed by atoms with Crippen molar-refractivity contribution >= 4 is 5.82 Å². The van der Waals surface area contributed by atoms with E-state index in [9.17, 15) is 0 Å². The lowest BCUT2D eigenvalue weighted by molar-refractivity contribution is 1.000. The lowest BCUT2D eigenvalue weighted by Gasteiger charge is -2.07. The molecule has 1 aromatic carbocycles. The average Bonchev–Trinajstić information content (AvgIpc) is 2.48. The Morgan fingerprint density at radius 2 is 1.89 bits per heavy atom. The van der Waals surface area contributed by atoms with E-state index in [2.05, 4.69) is 47.6 Å². The SMILES string of the molecule is CCc1ccc(CCNc2ncccc2C#N)cc1. The largest absolute Gasteiger partial charge is 0.369 e. The third kappa shape index (κ3) is 3.56. The molecule has 3 nitrogen and oxygen atoms in total. The minimum Gasteiger partial charge on any atom is -0.369 e. The van der Waals surface area contributed by atoms with E-state index >= 15 is 0 Å². The Hall–Kier alpha value is -2.34. The van der Waals surface area contributed by atoms with Crippen LogP contribution in [0.4, 0.5) is 5.82 Å². The number of hydrogen-bond donors (Lipinski definition) is 1. The summed E-state index contributed by atoms with van der Waals surface area (Å²) >= 11 is 0. The number of benzene rings is 1. The van der Waals surface area contributed by atoms with Gasteiger partial charge in [-0.3, -0.25) is 0 Å². The standard InChI is InChI=1S/C16H17N3/c1-2-13-5-7-14(8-6-13)9-11-19-16-15(12-17)4-3-10-18-16/h3-8,10H,2,9,11H2,1H3,(H,18,19). The highest BCUT2D eigenvalue weighted by Crippen LogP contribution is 2.10. The zero-order chi connectivity index (χ0) is 13.5. The van der Waals surface area contributed by atoms with Crippen LogP contribution in [0.3, 0.4) is 0 Å².